The van der Waals surface area contributed by atoms with Gasteiger partial charge in [-0.05, 0) is 72.5 Å². The molecule has 1 amide bonds. The minimum Gasteiger partial charge on any atom is -0.497 e. The summed E-state index contributed by atoms with van der Waals surface area (Å²) in [7, 11) is 1.69. The van der Waals surface area contributed by atoms with Gasteiger partial charge in [-0.15, -0.1) is 0 Å². The van der Waals surface area contributed by atoms with E-state index >= 15 is 0 Å². The van der Waals surface area contributed by atoms with Crippen molar-refractivity contribution >= 4 is 17.5 Å². The highest BCUT2D eigenvalue weighted by atomic mass is 35.5. The van der Waals surface area contributed by atoms with Gasteiger partial charge in [0.25, 0.3) is 5.91 Å². The van der Waals surface area contributed by atoms with Gasteiger partial charge in [-0.1, -0.05) is 48.0 Å². The van der Waals surface area contributed by atoms with Gasteiger partial charge in [-0.2, -0.15) is 0 Å². The largest absolute Gasteiger partial charge is 0.497 e. The maximum absolute atomic E-state index is 12.5. The molecule has 5 heteroatoms. The molecule has 3 aromatic carbocycles. The molecule has 1 aliphatic heterocycles. The van der Waals surface area contributed by atoms with E-state index in [0.29, 0.717) is 10.6 Å². The normalized spacial score (nSPS) is 16.6. The standard InChI is InChI=1S/C26H27ClN2O2/c1-31-25-6-2-4-22(16-25)20-9-7-19(8-10-20)17-29-15-3-5-24(18-29)28-26(30)21-11-13-23(27)14-12-21/h2,4,6-14,16,24H,3,5,15,17-18H2,1H3,(H,28,30). The number of carbonyl (C=O) groups excluding carboxylic acids is 1. The van der Waals surface area contributed by atoms with E-state index in [9.17, 15) is 4.79 Å². The smallest absolute Gasteiger partial charge is 0.251 e. The van der Waals surface area contributed by atoms with Gasteiger partial charge in [0.1, 0.15) is 5.75 Å². The van der Waals surface area contributed by atoms with E-state index < -0.39 is 0 Å². The first kappa shape index (κ1) is 21.4. The molecule has 1 unspecified atom stereocenters. The first-order valence-corrected chi connectivity index (χ1v) is 11.0. The van der Waals surface area contributed by atoms with Crippen LogP contribution >= 0.6 is 11.6 Å². The van der Waals surface area contributed by atoms with Crippen LogP contribution in [-0.2, 0) is 6.54 Å². The molecule has 1 saturated heterocycles. The van der Waals surface area contributed by atoms with E-state index in [1.807, 2.05) is 18.2 Å². The molecule has 160 valence electrons. The number of methoxy groups -OCH3 is 1. The number of nitrogens with one attached hydrogen (secondary N) is 1. The van der Waals surface area contributed by atoms with Gasteiger partial charge in [0.05, 0.1) is 7.11 Å². The van der Waals surface area contributed by atoms with Gasteiger partial charge in [-0.25, -0.2) is 0 Å². The third-order valence-corrected chi connectivity index (χ3v) is 5.96. The Hall–Kier alpha value is -2.82. The Morgan fingerprint density at radius 2 is 1.84 bits per heavy atom. The fourth-order valence-corrected chi connectivity index (χ4v) is 4.18. The molecule has 0 radical (unpaired) electrons. The summed E-state index contributed by atoms with van der Waals surface area (Å²) in [5.41, 5.74) is 4.24. The summed E-state index contributed by atoms with van der Waals surface area (Å²) in [4.78, 5) is 14.9. The summed E-state index contributed by atoms with van der Waals surface area (Å²) < 4.78 is 5.33. The Labute approximate surface area is 188 Å². The lowest BCUT2D eigenvalue weighted by Crippen LogP contribution is -2.47. The number of ether oxygens (including phenoxy) is 1. The lowest BCUT2D eigenvalue weighted by atomic mass is 10.0. The summed E-state index contributed by atoms with van der Waals surface area (Å²) >= 11 is 5.92. The SMILES string of the molecule is COc1cccc(-c2ccc(CN3CCCC(NC(=O)c4ccc(Cl)cc4)C3)cc2)c1. The number of halogens is 1. The molecule has 1 atom stereocenters. The Bertz CT molecular complexity index is 1020. The Morgan fingerprint density at radius 1 is 1.06 bits per heavy atom. The van der Waals surface area contributed by atoms with E-state index in [1.54, 1.807) is 31.4 Å². The average Bonchev–Trinajstić information content (AvgIpc) is 2.80. The number of likely N-dealkylation sites (tertiary alicyclic amines) is 1. The summed E-state index contributed by atoms with van der Waals surface area (Å²) in [5, 5.41) is 3.81. The van der Waals surface area contributed by atoms with Crippen molar-refractivity contribution in [1.29, 1.82) is 0 Å². The second-order valence-corrected chi connectivity index (χ2v) is 8.42. The average molecular weight is 435 g/mol. The van der Waals surface area contributed by atoms with E-state index in [4.69, 9.17) is 16.3 Å². The molecule has 0 aliphatic carbocycles. The Kier molecular flexibility index (Phi) is 6.90. The molecule has 31 heavy (non-hydrogen) atoms. The molecule has 0 aromatic heterocycles. The zero-order chi connectivity index (χ0) is 21.6. The van der Waals surface area contributed by atoms with Crippen LogP contribution in [0.2, 0.25) is 5.02 Å². The highest BCUT2D eigenvalue weighted by molar-refractivity contribution is 6.30. The molecule has 0 bridgehead atoms. The number of nitrogens with zero attached hydrogens (tertiary/aromatic N) is 1. The number of benzene rings is 3. The van der Waals surface area contributed by atoms with Crippen molar-refractivity contribution in [2.45, 2.75) is 25.4 Å². The van der Waals surface area contributed by atoms with Crippen LogP contribution in [0.25, 0.3) is 11.1 Å². The van der Waals surface area contributed by atoms with Crippen molar-refractivity contribution in [1.82, 2.24) is 10.2 Å². The molecular weight excluding hydrogens is 408 g/mol. The third kappa shape index (κ3) is 5.66. The number of carbonyl (C=O) groups is 1. The number of rotatable bonds is 6. The summed E-state index contributed by atoms with van der Waals surface area (Å²) in [5.74, 6) is 0.827. The zero-order valence-corrected chi connectivity index (χ0v) is 18.4. The van der Waals surface area contributed by atoms with Crippen molar-refractivity contribution < 1.29 is 9.53 Å². The lowest BCUT2D eigenvalue weighted by molar-refractivity contribution is 0.0901. The molecule has 4 rings (SSSR count). The van der Waals surface area contributed by atoms with E-state index in [-0.39, 0.29) is 11.9 Å². The summed E-state index contributed by atoms with van der Waals surface area (Å²) in [6.07, 6.45) is 2.08. The van der Waals surface area contributed by atoms with Crippen molar-refractivity contribution in [3.8, 4) is 16.9 Å². The minimum atomic E-state index is -0.0360. The van der Waals surface area contributed by atoms with E-state index in [0.717, 1.165) is 43.8 Å². The van der Waals surface area contributed by atoms with Crippen LogP contribution in [0.1, 0.15) is 28.8 Å². The predicted molar refractivity (Wildman–Crippen MR) is 126 cm³/mol. The van der Waals surface area contributed by atoms with Gasteiger partial charge in [0, 0.05) is 29.7 Å². The van der Waals surface area contributed by atoms with Gasteiger partial charge < -0.3 is 10.1 Å². The fraction of sp³-hybridized carbons (Fsp3) is 0.269. The van der Waals surface area contributed by atoms with Gasteiger partial charge in [-0.3, -0.25) is 9.69 Å². The number of amides is 1. The minimum absolute atomic E-state index is 0.0360. The first-order chi connectivity index (χ1) is 15.1. The molecule has 0 saturated carbocycles. The monoisotopic (exact) mass is 434 g/mol. The third-order valence-electron chi connectivity index (χ3n) is 5.71. The maximum Gasteiger partial charge on any atom is 0.251 e. The van der Waals surface area contributed by atoms with Crippen LogP contribution in [0, 0.1) is 0 Å². The van der Waals surface area contributed by atoms with Crippen LogP contribution in [0.3, 0.4) is 0 Å². The van der Waals surface area contributed by atoms with Gasteiger partial charge >= 0.3 is 0 Å². The van der Waals surface area contributed by atoms with Crippen LogP contribution in [0.15, 0.2) is 72.8 Å². The predicted octanol–water partition coefficient (Wildman–Crippen LogP) is 5.41. The topological polar surface area (TPSA) is 41.6 Å². The van der Waals surface area contributed by atoms with Gasteiger partial charge in [0.2, 0.25) is 0 Å². The van der Waals surface area contributed by atoms with Crippen LogP contribution < -0.4 is 10.1 Å². The fourth-order valence-electron chi connectivity index (χ4n) is 4.05. The highest BCUT2D eigenvalue weighted by Gasteiger charge is 2.22. The molecule has 1 fully saturated rings. The molecule has 1 aliphatic rings. The number of piperidine rings is 1. The molecule has 1 N–H and O–H groups in total. The van der Waals surface area contributed by atoms with Crippen molar-refractivity contribution in [2.24, 2.45) is 0 Å². The first-order valence-electron chi connectivity index (χ1n) is 10.6. The molecular formula is C26H27ClN2O2. The number of hydrogen-bond acceptors (Lipinski definition) is 3. The molecule has 1 heterocycles. The highest BCUT2D eigenvalue weighted by Crippen LogP contribution is 2.24. The van der Waals surface area contributed by atoms with Crippen LogP contribution in [0.4, 0.5) is 0 Å². The summed E-state index contributed by atoms with van der Waals surface area (Å²) in [6.45, 7) is 2.79. The quantitative estimate of drug-likeness (QED) is 0.564. The summed E-state index contributed by atoms with van der Waals surface area (Å²) in [6, 6.07) is 24.0. The van der Waals surface area contributed by atoms with E-state index in [1.165, 1.54) is 11.1 Å². The number of hydrogen-bond donors (Lipinski definition) is 1. The van der Waals surface area contributed by atoms with Crippen molar-refractivity contribution in [2.75, 3.05) is 20.2 Å². The molecule has 3 aromatic rings. The molecule has 0 spiro atoms. The molecule has 4 nitrogen and oxygen atoms in total. The van der Waals surface area contributed by atoms with Crippen molar-refractivity contribution in [3.05, 3.63) is 88.9 Å². The second kappa shape index (κ2) is 9.99. The Balaban J connectivity index is 1.34. The Morgan fingerprint density at radius 3 is 2.58 bits per heavy atom. The van der Waals surface area contributed by atoms with Crippen LogP contribution in [0.5, 0.6) is 5.75 Å². The van der Waals surface area contributed by atoms with Crippen LogP contribution in [-0.4, -0.2) is 37.0 Å². The van der Waals surface area contributed by atoms with Gasteiger partial charge in [0.15, 0.2) is 0 Å². The zero-order valence-electron chi connectivity index (χ0n) is 17.7. The lowest BCUT2D eigenvalue weighted by Gasteiger charge is -2.33. The maximum atomic E-state index is 12.5. The van der Waals surface area contributed by atoms with E-state index in [2.05, 4.69) is 40.5 Å². The second-order valence-electron chi connectivity index (χ2n) is 7.98. The van der Waals surface area contributed by atoms with Crippen molar-refractivity contribution in [3.63, 3.8) is 0 Å².